The summed E-state index contributed by atoms with van der Waals surface area (Å²) in [5.74, 6) is 0.847. The van der Waals surface area contributed by atoms with E-state index in [1.807, 2.05) is 48.5 Å². The highest BCUT2D eigenvalue weighted by molar-refractivity contribution is 5.90. The van der Waals surface area contributed by atoms with Crippen LogP contribution in [0, 0.1) is 0 Å². The molecular formula is C25H27NO3. The second-order valence-electron chi connectivity index (χ2n) is 8.44. The molecule has 2 aliphatic rings. The summed E-state index contributed by atoms with van der Waals surface area (Å²) < 4.78 is 6.63. The molecule has 4 nitrogen and oxygen atoms in total. The van der Waals surface area contributed by atoms with Gasteiger partial charge in [0.25, 0.3) is 0 Å². The van der Waals surface area contributed by atoms with Crippen molar-refractivity contribution >= 4 is 10.8 Å². The van der Waals surface area contributed by atoms with Gasteiger partial charge in [0.1, 0.15) is 11.4 Å². The Morgan fingerprint density at radius 3 is 2.48 bits per heavy atom. The number of aliphatic hydroxyl groups excluding tert-OH is 2. The van der Waals surface area contributed by atoms with Crippen LogP contribution in [0.2, 0.25) is 0 Å². The van der Waals surface area contributed by atoms with Crippen LogP contribution >= 0.6 is 0 Å². The molecule has 3 aromatic rings. The van der Waals surface area contributed by atoms with Gasteiger partial charge in [0.2, 0.25) is 0 Å². The molecule has 0 saturated carbocycles. The molecule has 2 atom stereocenters. The lowest BCUT2D eigenvalue weighted by molar-refractivity contribution is -0.0577. The lowest BCUT2D eigenvalue weighted by Crippen LogP contribution is -2.51. The third-order valence-electron chi connectivity index (χ3n) is 6.54. The van der Waals surface area contributed by atoms with Gasteiger partial charge < -0.3 is 19.8 Å². The average Bonchev–Trinajstić information content (AvgIpc) is 2.76. The van der Waals surface area contributed by atoms with E-state index >= 15 is 0 Å². The molecule has 0 amide bonds. The van der Waals surface area contributed by atoms with Crippen molar-refractivity contribution in [2.24, 2.45) is 0 Å². The van der Waals surface area contributed by atoms with E-state index in [1.54, 1.807) is 0 Å². The zero-order chi connectivity index (χ0) is 19.8. The van der Waals surface area contributed by atoms with Gasteiger partial charge in [0, 0.05) is 37.0 Å². The Morgan fingerprint density at radius 2 is 1.69 bits per heavy atom. The summed E-state index contributed by atoms with van der Waals surface area (Å²) in [4.78, 5) is 2.30. The van der Waals surface area contributed by atoms with Crippen LogP contribution in [0.1, 0.15) is 42.6 Å². The quantitative estimate of drug-likeness (QED) is 0.704. The van der Waals surface area contributed by atoms with Crippen molar-refractivity contribution in [1.82, 2.24) is 4.90 Å². The Morgan fingerprint density at radius 1 is 0.966 bits per heavy atom. The maximum Gasteiger partial charge on any atom is 0.133 e. The van der Waals surface area contributed by atoms with E-state index in [0.29, 0.717) is 13.0 Å². The minimum Gasteiger partial charge on any atom is -0.486 e. The first-order valence-electron chi connectivity index (χ1n) is 10.5. The number of nitrogens with zero attached hydrogens (tertiary/aromatic N) is 1. The molecule has 4 heteroatoms. The number of hydrogen-bond donors (Lipinski definition) is 2. The van der Waals surface area contributed by atoms with Crippen molar-refractivity contribution in [1.29, 1.82) is 0 Å². The molecular weight excluding hydrogens is 362 g/mol. The van der Waals surface area contributed by atoms with Crippen molar-refractivity contribution in [3.05, 3.63) is 77.9 Å². The molecule has 1 spiro atoms. The average molecular weight is 389 g/mol. The molecule has 0 aromatic heterocycles. The summed E-state index contributed by atoms with van der Waals surface area (Å²) in [7, 11) is 0. The fourth-order valence-corrected chi connectivity index (χ4v) is 4.83. The maximum absolute atomic E-state index is 10.9. The number of fused-ring (bicyclic) bond motifs is 3. The van der Waals surface area contributed by atoms with Gasteiger partial charge in [-0.05, 0) is 23.8 Å². The Labute approximate surface area is 171 Å². The highest BCUT2D eigenvalue weighted by atomic mass is 16.5. The van der Waals surface area contributed by atoms with Gasteiger partial charge in [-0.1, -0.05) is 66.7 Å². The SMILES string of the molecule is O[C@H](CN1CCC2(CC1)C[C@H](O)c1ccc3ccccc3c1O2)c1ccccc1. The summed E-state index contributed by atoms with van der Waals surface area (Å²) >= 11 is 0. The number of β-amino-alcohol motifs (C(OH)–C–C–N with tert-alkyl or cyclic N) is 1. The van der Waals surface area contributed by atoms with E-state index in [0.717, 1.165) is 53.6 Å². The molecule has 1 saturated heterocycles. The standard InChI is InChI=1S/C25H27NO3/c27-22-16-25(29-24-20-9-5-4-6-18(20)10-11-21(22)24)12-14-26(15-13-25)17-23(28)19-7-2-1-3-8-19/h1-11,22-23,27-28H,12-17H2/t22-,23+/m0/s1. The fraction of sp³-hybridized carbons (Fsp3) is 0.360. The van der Waals surface area contributed by atoms with Crippen LogP contribution in [-0.4, -0.2) is 40.3 Å². The molecule has 0 radical (unpaired) electrons. The zero-order valence-electron chi connectivity index (χ0n) is 16.5. The van der Waals surface area contributed by atoms with E-state index in [4.69, 9.17) is 4.74 Å². The van der Waals surface area contributed by atoms with Crippen LogP contribution in [0.15, 0.2) is 66.7 Å². The minimum atomic E-state index is -0.496. The van der Waals surface area contributed by atoms with Crippen LogP contribution < -0.4 is 4.74 Å². The second-order valence-corrected chi connectivity index (χ2v) is 8.44. The molecule has 2 aliphatic heterocycles. The third kappa shape index (κ3) is 3.52. The number of benzene rings is 3. The Kier molecular flexibility index (Phi) is 4.78. The van der Waals surface area contributed by atoms with Crippen LogP contribution in [0.5, 0.6) is 5.75 Å². The Balaban J connectivity index is 1.32. The van der Waals surface area contributed by atoms with E-state index in [1.165, 1.54) is 0 Å². The summed E-state index contributed by atoms with van der Waals surface area (Å²) in [6.07, 6.45) is 1.37. The second kappa shape index (κ2) is 7.45. The molecule has 0 unspecified atom stereocenters. The Bertz CT molecular complexity index is 995. The van der Waals surface area contributed by atoms with Crippen molar-refractivity contribution in [2.75, 3.05) is 19.6 Å². The zero-order valence-corrected chi connectivity index (χ0v) is 16.5. The molecule has 2 heterocycles. The van der Waals surface area contributed by atoms with Crippen LogP contribution in [-0.2, 0) is 0 Å². The molecule has 5 rings (SSSR count). The molecule has 2 N–H and O–H groups in total. The molecule has 150 valence electrons. The topological polar surface area (TPSA) is 52.9 Å². The van der Waals surface area contributed by atoms with Crippen LogP contribution in [0.4, 0.5) is 0 Å². The van der Waals surface area contributed by atoms with Gasteiger partial charge in [-0.2, -0.15) is 0 Å². The van der Waals surface area contributed by atoms with Crippen molar-refractivity contribution in [2.45, 2.75) is 37.1 Å². The predicted molar refractivity (Wildman–Crippen MR) is 114 cm³/mol. The normalized spacial score (nSPS) is 22.2. The molecule has 0 aliphatic carbocycles. The van der Waals surface area contributed by atoms with Gasteiger partial charge in [-0.25, -0.2) is 0 Å². The monoisotopic (exact) mass is 389 g/mol. The van der Waals surface area contributed by atoms with Crippen molar-refractivity contribution < 1.29 is 14.9 Å². The number of likely N-dealkylation sites (tertiary alicyclic amines) is 1. The van der Waals surface area contributed by atoms with Crippen molar-refractivity contribution in [3.8, 4) is 5.75 Å². The summed E-state index contributed by atoms with van der Waals surface area (Å²) in [5, 5.41) is 23.6. The van der Waals surface area contributed by atoms with Gasteiger partial charge in [-0.3, -0.25) is 0 Å². The molecule has 3 aromatic carbocycles. The summed E-state index contributed by atoms with van der Waals surface area (Å²) in [6, 6.07) is 22.1. The van der Waals surface area contributed by atoms with E-state index in [-0.39, 0.29) is 5.60 Å². The molecule has 0 bridgehead atoms. The molecule has 29 heavy (non-hydrogen) atoms. The fourth-order valence-electron chi connectivity index (χ4n) is 4.83. The number of piperidine rings is 1. The summed E-state index contributed by atoms with van der Waals surface area (Å²) in [6.45, 7) is 2.34. The van der Waals surface area contributed by atoms with Crippen molar-refractivity contribution in [3.63, 3.8) is 0 Å². The van der Waals surface area contributed by atoms with Crippen LogP contribution in [0.25, 0.3) is 10.8 Å². The summed E-state index contributed by atoms with van der Waals surface area (Å²) in [5.41, 5.74) is 1.53. The number of hydrogen-bond acceptors (Lipinski definition) is 4. The van der Waals surface area contributed by atoms with E-state index in [9.17, 15) is 10.2 Å². The smallest absolute Gasteiger partial charge is 0.133 e. The van der Waals surface area contributed by atoms with Crippen LogP contribution in [0.3, 0.4) is 0 Å². The largest absolute Gasteiger partial charge is 0.486 e. The van der Waals surface area contributed by atoms with Gasteiger partial charge in [0.15, 0.2) is 0 Å². The highest BCUT2D eigenvalue weighted by Crippen LogP contribution is 2.47. The first-order valence-corrected chi connectivity index (χ1v) is 10.5. The predicted octanol–water partition coefficient (Wildman–Crippen LogP) is 4.22. The van der Waals surface area contributed by atoms with Gasteiger partial charge in [0.05, 0.1) is 12.2 Å². The number of rotatable bonds is 3. The van der Waals surface area contributed by atoms with Gasteiger partial charge >= 0.3 is 0 Å². The Hall–Kier alpha value is -2.40. The first kappa shape index (κ1) is 18.6. The lowest BCUT2D eigenvalue weighted by Gasteiger charge is -2.46. The maximum atomic E-state index is 10.9. The van der Waals surface area contributed by atoms with E-state index in [2.05, 4.69) is 23.1 Å². The number of ether oxygens (including phenoxy) is 1. The van der Waals surface area contributed by atoms with E-state index < -0.39 is 12.2 Å². The third-order valence-corrected chi connectivity index (χ3v) is 6.54. The first-order chi connectivity index (χ1) is 14.1. The molecule has 1 fully saturated rings. The van der Waals surface area contributed by atoms with Gasteiger partial charge in [-0.15, -0.1) is 0 Å². The minimum absolute atomic E-state index is 0.329. The number of aliphatic hydroxyl groups is 2. The highest BCUT2D eigenvalue weighted by Gasteiger charge is 2.43. The lowest BCUT2D eigenvalue weighted by atomic mass is 9.81.